The van der Waals surface area contributed by atoms with E-state index in [0.717, 1.165) is 43.4 Å². The first-order valence-electron chi connectivity index (χ1n) is 12.1. The van der Waals surface area contributed by atoms with E-state index < -0.39 is 0 Å². The third kappa shape index (κ3) is 5.48. The molecule has 3 N–H and O–H groups in total. The van der Waals surface area contributed by atoms with Crippen LogP contribution < -0.4 is 16.0 Å². The van der Waals surface area contributed by atoms with Crippen LogP contribution in [-0.4, -0.2) is 24.2 Å². The Morgan fingerprint density at radius 2 is 1.88 bits per heavy atom. The smallest absolute Gasteiger partial charge is 0.254 e. The highest BCUT2D eigenvalue weighted by Gasteiger charge is 2.34. The summed E-state index contributed by atoms with van der Waals surface area (Å²) >= 11 is 1.56. The zero-order valence-corrected chi connectivity index (χ0v) is 19.9. The minimum absolute atomic E-state index is 0.0295. The molecule has 2 amide bonds. The minimum atomic E-state index is -0.0792. The molecule has 0 bridgehead atoms. The number of aliphatic imine (C=N–C) groups is 1. The van der Waals surface area contributed by atoms with Crippen LogP contribution in [0.4, 0.5) is 10.7 Å². The van der Waals surface area contributed by atoms with E-state index in [4.69, 9.17) is 0 Å². The van der Waals surface area contributed by atoms with Crippen LogP contribution in [0.2, 0.25) is 0 Å². The third-order valence-corrected chi connectivity index (χ3v) is 7.93. The van der Waals surface area contributed by atoms with Gasteiger partial charge in [0.1, 0.15) is 10.8 Å². The maximum atomic E-state index is 13.2. The molecule has 34 heavy (non-hydrogen) atoms. The van der Waals surface area contributed by atoms with Gasteiger partial charge >= 0.3 is 0 Å². The number of nitrogens with one attached hydrogen (secondary N) is 3. The van der Waals surface area contributed by atoms with E-state index in [9.17, 15) is 14.9 Å². The van der Waals surface area contributed by atoms with Crippen molar-refractivity contribution >= 4 is 39.7 Å². The quantitative estimate of drug-likeness (QED) is 0.226. The summed E-state index contributed by atoms with van der Waals surface area (Å²) in [6, 6.07) is 9.60. The summed E-state index contributed by atoms with van der Waals surface area (Å²) in [5, 5.41) is 18.8. The van der Waals surface area contributed by atoms with Gasteiger partial charge in [-0.3, -0.25) is 14.9 Å². The van der Waals surface area contributed by atoms with Gasteiger partial charge in [-0.25, -0.2) is 4.99 Å². The molecule has 0 saturated heterocycles. The molecule has 3 aliphatic rings. The van der Waals surface area contributed by atoms with Crippen molar-refractivity contribution in [3.8, 4) is 6.19 Å². The number of amidine groups is 1. The average molecular weight is 476 g/mol. The van der Waals surface area contributed by atoms with E-state index >= 15 is 0 Å². The summed E-state index contributed by atoms with van der Waals surface area (Å²) < 4.78 is 0. The first kappa shape index (κ1) is 22.6. The summed E-state index contributed by atoms with van der Waals surface area (Å²) in [5.41, 5.74) is 2.50. The molecule has 0 aliphatic heterocycles. The van der Waals surface area contributed by atoms with E-state index in [2.05, 4.69) is 20.9 Å². The number of hydrogen-bond acceptors (Lipinski definition) is 5. The SMILES string of the molecule is N#CNC(CC1CCc2sc(NC(=O)C3CC3)c(C(=O)NCC3CC3)c2C1)=Nc1ccccc1. The lowest BCUT2D eigenvalue weighted by molar-refractivity contribution is -0.117. The Hall–Kier alpha value is -3.18. The molecule has 2 aromatic rings. The van der Waals surface area contributed by atoms with Crippen LogP contribution in [0.5, 0.6) is 0 Å². The molecule has 176 valence electrons. The maximum absolute atomic E-state index is 13.2. The number of thiophene rings is 1. The van der Waals surface area contributed by atoms with Crippen molar-refractivity contribution in [3.05, 3.63) is 46.3 Å². The number of rotatable bonds is 8. The maximum Gasteiger partial charge on any atom is 0.254 e. The fourth-order valence-corrected chi connectivity index (χ4v) is 5.73. The Kier molecular flexibility index (Phi) is 6.63. The van der Waals surface area contributed by atoms with Gasteiger partial charge in [0.05, 0.1) is 11.3 Å². The predicted molar refractivity (Wildman–Crippen MR) is 133 cm³/mol. The molecule has 8 heteroatoms. The second-order valence-corrected chi connectivity index (χ2v) is 10.7. The lowest BCUT2D eigenvalue weighted by atomic mass is 9.84. The standard InChI is InChI=1S/C26H29N5O2S/c27-15-29-22(30-19-4-2-1-3-5-19)13-17-8-11-21-20(12-17)23(25(33)28-14-16-6-7-16)26(34-21)31-24(32)18-9-10-18/h1-5,16-18H,6-14H2,(H,28,33)(H,29,30)(H,31,32). The number of nitrogens with zero attached hydrogens (tertiary/aromatic N) is 2. The Bertz CT molecular complexity index is 1140. The van der Waals surface area contributed by atoms with Crippen molar-refractivity contribution in [2.45, 2.75) is 51.4 Å². The molecule has 3 aliphatic carbocycles. The second kappa shape index (κ2) is 9.98. The Balaban J connectivity index is 1.36. The van der Waals surface area contributed by atoms with Gasteiger partial charge in [0.2, 0.25) is 5.91 Å². The number of carbonyl (C=O) groups is 2. The van der Waals surface area contributed by atoms with Crippen LogP contribution in [0.15, 0.2) is 35.3 Å². The van der Waals surface area contributed by atoms with Crippen molar-refractivity contribution in [2.24, 2.45) is 22.7 Å². The first-order valence-corrected chi connectivity index (χ1v) is 12.9. The minimum Gasteiger partial charge on any atom is -0.352 e. The number of hydrogen-bond donors (Lipinski definition) is 3. The van der Waals surface area contributed by atoms with Crippen LogP contribution in [0.1, 0.15) is 59.3 Å². The molecular formula is C26H29N5O2S. The van der Waals surface area contributed by atoms with Crippen LogP contribution in [0.25, 0.3) is 0 Å². The van der Waals surface area contributed by atoms with Gasteiger partial charge in [-0.15, -0.1) is 11.3 Å². The fourth-order valence-electron chi connectivity index (χ4n) is 4.49. The molecule has 1 aromatic heterocycles. The van der Waals surface area contributed by atoms with E-state index in [1.165, 1.54) is 17.7 Å². The number of amides is 2. The summed E-state index contributed by atoms with van der Waals surface area (Å²) in [5.74, 6) is 1.52. The van der Waals surface area contributed by atoms with Gasteiger partial charge < -0.3 is 10.6 Å². The third-order valence-electron chi connectivity index (χ3n) is 6.73. The highest BCUT2D eigenvalue weighted by molar-refractivity contribution is 7.17. The van der Waals surface area contributed by atoms with Gasteiger partial charge in [0.15, 0.2) is 6.19 Å². The number of fused-ring (bicyclic) bond motifs is 1. The number of aryl methyl sites for hydroxylation is 1. The zero-order chi connectivity index (χ0) is 23.5. The van der Waals surface area contributed by atoms with Crippen LogP contribution in [0, 0.1) is 29.2 Å². The number of nitriles is 1. The summed E-state index contributed by atoms with van der Waals surface area (Å²) in [7, 11) is 0. The van der Waals surface area contributed by atoms with Crippen molar-refractivity contribution < 1.29 is 9.59 Å². The summed E-state index contributed by atoms with van der Waals surface area (Å²) in [6.45, 7) is 0.697. The highest BCUT2D eigenvalue weighted by Crippen LogP contribution is 2.42. The summed E-state index contributed by atoms with van der Waals surface area (Å²) in [6.07, 6.45) is 9.39. The first-order chi connectivity index (χ1) is 16.6. The molecule has 2 fully saturated rings. The molecule has 1 aromatic carbocycles. The van der Waals surface area contributed by atoms with Crippen molar-refractivity contribution in [3.63, 3.8) is 0 Å². The Morgan fingerprint density at radius 3 is 2.59 bits per heavy atom. The van der Waals surface area contributed by atoms with Gasteiger partial charge in [0, 0.05) is 23.8 Å². The van der Waals surface area contributed by atoms with E-state index in [0.29, 0.717) is 35.3 Å². The molecule has 2 saturated carbocycles. The van der Waals surface area contributed by atoms with Crippen LogP contribution in [0.3, 0.4) is 0 Å². The van der Waals surface area contributed by atoms with Crippen LogP contribution in [-0.2, 0) is 17.6 Å². The van der Waals surface area contributed by atoms with E-state index in [1.807, 2.05) is 36.5 Å². The Labute approximate surface area is 203 Å². The highest BCUT2D eigenvalue weighted by atomic mass is 32.1. The molecule has 1 heterocycles. The molecule has 0 radical (unpaired) electrons. The van der Waals surface area contributed by atoms with Gasteiger partial charge in [-0.2, -0.15) is 5.26 Å². The average Bonchev–Trinajstić information content (AvgIpc) is 3.75. The molecular weight excluding hydrogens is 446 g/mol. The lowest BCUT2D eigenvalue weighted by Crippen LogP contribution is -2.29. The van der Waals surface area contributed by atoms with Crippen molar-refractivity contribution in [2.75, 3.05) is 11.9 Å². The number of benzene rings is 1. The van der Waals surface area contributed by atoms with Crippen molar-refractivity contribution in [1.29, 1.82) is 5.26 Å². The van der Waals surface area contributed by atoms with E-state index in [1.54, 1.807) is 11.3 Å². The molecule has 0 spiro atoms. The van der Waals surface area contributed by atoms with Gasteiger partial charge in [-0.1, -0.05) is 18.2 Å². The number of anilines is 1. The normalized spacial score (nSPS) is 19.6. The molecule has 1 atom stereocenters. The number of carbonyl (C=O) groups excluding carboxylic acids is 2. The Morgan fingerprint density at radius 1 is 1.09 bits per heavy atom. The largest absolute Gasteiger partial charge is 0.352 e. The molecule has 7 nitrogen and oxygen atoms in total. The lowest BCUT2D eigenvalue weighted by Gasteiger charge is -2.23. The number of para-hydroxylation sites is 1. The molecule has 5 rings (SSSR count). The van der Waals surface area contributed by atoms with Gasteiger partial charge in [0.25, 0.3) is 5.91 Å². The zero-order valence-electron chi connectivity index (χ0n) is 19.1. The van der Waals surface area contributed by atoms with Gasteiger partial charge in [-0.05, 0) is 74.5 Å². The predicted octanol–water partition coefficient (Wildman–Crippen LogP) is 4.53. The van der Waals surface area contributed by atoms with Crippen LogP contribution >= 0.6 is 11.3 Å². The molecule has 1 unspecified atom stereocenters. The topological polar surface area (TPSA) is 106 Å². The van der Waals surface area contributed by atoms with E-state index in [-0.39, 0.29) is 23.7 Å². The second-order valence-electron chi connectivity index (χ2n) is 9.57. The monoisotopic (exact) mass is 475 g/mol. The summed E-state index contributed by atoms with van der Waals surface area (Å²) in [4.78, 5) is 31.6. The van der Waals surface area contributed by atoms with Crippen molar-refractivity contribution in [1.82, 2.24) is 10.6 Å². The fraction of sp³-hybridized carbons (Fsp3) is 0.462.